The fraction of sp³-hybridized carbons (Fsp3) is 0.650. The number of carbonyl (C=O) groups excluding carboxylic acids is 1. The summed E-state index contributed by atoms with van der Waals surface area (Å²) in [5, 5.41) is 0. The van der Waals surface area contributed by atoms with Gasteiger partial charge in [0.1, 0.15) is 11.4 Å². The predicted molar refractivity (Wildman–Crippen MR) is 104 cm³/mol. The molecule has 1 aromatic rings. The van der Waals surface area contributed by atoms with Crippen molar-refractivity contribution in [2.24, 2.45) is 5.92 Å². The maximum atomic E-state index is 12.1. The number of hydrogen-bond donors (Lipinski definition) is 0. The smallest absolute Gasteiger partial charge is 0.410 e. The molecular weight excluding hydrogens is 382 g/mol. The Kier molecular flexibility index (Phi) is 7.60. The summed E-state index contributed by atoms with van der Waals surface area (Å²) < 4.78 is 12.3. The van der Waals surface area contributed by atoms with E-state index in [0.717, 1.165) is 49.2 Å². The fourth-order valence-corrected chi connectivity index (χ4v) is 3.25. The van der Waals surface area contributed by atoms with Crippen molar-refractivity contribution in [3.8, 4) is 5.75 Å². The molecule has 5 heteroatoms. The third kappa shape index (κ3) is 7.68. The number of amides is 1. The number of benzene rings is 1. The van der Waals surface area contributed by atoms with Crippen LogP contribution in [0.3, 0.4) is 0 Å². The first-order valence-electron chi connectivity index (χ1n) is 9.20. The first-order valence-corrected chi connectivity index (χ1v) is 9.99. The van der Waals surface area contributed by atoms with Crippen molar-refractivity contribution in [1.29, 1.82) is 0 Å². The van der Waals surface area contributed by atoms with E-state index in [4.69, 9.17) is 9.47 Å². The molecule has 0 radical (unpaired) electrons. The van der Waals surface area contributed by atoms with Crippen LogP contribution < -0.4 is 4.74 Å². The van der Waals surface area contributed by atoms with E-state index >= 15 is 0 Å². The van der Waals surface area contributed by atoms with Crippen LogP contribution in [0.5, 0.6) is 5.75 Å². The van der Waals surface area contributed by atoms with Gasteiger partial charge >= 0.3 is 6.09 Å². The molecule has 1 aliphatic rings. The summed E-state index contributed by atoms with van der Waals surface area (Å²) in [5.74, 6) is 1.64. The molecular formula is C20H30BrNO3. The second-order valence-corrected chi connectivity index (χ2v) is 8.62. The fourth-order valence-electron chi connectivity index (χ4n) is 2.99. The first kappa shape index (κ1) is 20.1. The maximum absolute atomic E-state index is 12.1. The van der Waals surface area contributed by atoms with Gasteiger partial charge < -0.3 is 14.4 Å². The Morgan fingerprint density at radius 1 is 1.16 bits per heavy atom. The Hall–Kier alpha value is -1.23. The predicted octanol–water partition coefficient (Wildman–Crippen LogP) is 5.65. The van der Waals surface area contributed by atoms with Crippen LogP contribution in [0.2, 0.25) is 0 Å². The maximum Gasteiger partial charge on any atom is 0.410 e. The second kappa shape index (κ2) is 9.46. The van der Waals surface area contributed by atoms with Gasteiger partial charge in [-0.25, -0.2) is 4.79 Å². The molecule has 4 nitrogen and oxygen atoms in total. The van der Waals surface area contributed by atoms with Crippen molar-refractivity contribution >= 4 is 22.0 Å². The molecule has 1 heterocycles. The Morgan fingerprint density at radius 3 is 2.40 bits per heavy atom. The minimum absolute atomic E-state index is 0.172. The number of unbranched alkanes of at least 4 members (excludes halogenated alkanes) is 1. The summed E-state index contributed by atoms with van der Waals surface area (Å²) in [6.07, 6.45) is 5.44. The van der Waals surface area contributed by atoms with Gasteiger partial charge in [-0.1, -0.05) is 22.4 Å². The summed E-state index contributed by atoms with van der Waals surface area (Å²) in [7, 11) is 0. The summed E-state index contributed by atoms with van der Waals surface area (Å²) in [6, 6.07) is 7.95. The van der Waals surface area contributed by atoms with Crippen LogP contribution in [0.15, 0.2) is 28.7 Å². The molecule has 0 aliphatic carbocycles. The van der Waals surface area contributed by atoms with E-state index in [-0.39, 0.29) is 6.09 Å². The van der Waals surface area contributed by atoms with Crippen LogP contribution in [0.4, 0.5) is 4.79 Å². The molecule has 0 unspecified atom stereocenters. The minimum atomic E-state index is -0.414. The highest BCUT2D eigenvalue weighted by atomic mass is 79.9. The van der Waals surface area contributed by atoms with Gasteiger partial charge in [0.05, 0.1) is 6.61 Å². The number of likely N-dealkylation sites (tertiary alicyclic amines) is 1. The number of piperidine rings is 1. The SMILES string of the molecule is CC(C)(C)OC(=O)N1CCC(CCCCOc2ccc(Br)cc2)CC1. The van der Waals surface area contributed by atoms with Crippen molar-refractivity contribution in [2.45, 2.75) is 58.5 Å². The molecule has 2 rings (SSSR count). The highest BCUT2D eigenvalue weighted by molar-refractivity contribution is 9.10. The van der Waals surface area contributed by atoms with Crippen LogP contribution in [0.1, 0.15) is 52.9 Å². The zero-order valence-electron chi connectivity index (χ0n) is 15.6. The lowest BCUT2D eigenvalue weighted by Gasteiger charge is -2.33. The standard InChI is InChI=1S/C20H30BrNO3/c1-20(2,3)25-19(23)22-13-11-16(12-14-22)6-4-5-15-24-18-9-7-17(21)8-10-18/h7-10,16H,4-6,11-15H2,1-3H3. The van der Waals surface area contributed by atoms with E-state index in [2.05, 4.69) is 15.9 Å². The lowest BCUT2D eigenvalue weighted by molar-refractivity contribution is 0.0180. The molecule has 1 amide bonds. The van der Waals surface area contributed by atoms with Crippen LogP contribution in [-0.2, 0) is 4.74 Å². The molecule has 1 saturated heterocycles. The molecule has 1 fully saturated rings. The van der Waals surface area contributed by atoms with Crippen molar-refractivity contribution in [3.63, 3.8) is 0 Å². The first-order chi connectivity index (χ1) is 11.8. The van der Waals surface area contributed by atoms with Gasteiger partial charge in [0, 0.05) is 17.6 Å². The van der Waals surface area contributed by atoms with E-state index in [1.807, 2.05) is 49.9 Å². The highest BCUT2D eigenvalue weighted by Crippen LogP contribution is 2.24. The molecule has 140 valence electrons. The Morgan fingerprint density at radius 2 is 1.80 bits per heavy atom. The number of nitrogens with zero attached hydrogens (tertiary/aromatic N) is 1. The minimum Gasteiger partial charge on any atom is -0.494 e. The summed E-state index contributed by atoms with van der Waals surface area (Å²) in [5.41, 5.74) is -0.414. The average Bonchev–Trinajstić information content (AvgIpc) is 2.55. The average molecular weight is 412 g/mol. The van der Waals surface area contributed by atoms with E-state index in [1.54, 1.807) is 0 Å². The van der Waals surface area contributed by atoms with Gasteiger partial charge in [-0.15, -0.1) is 0 Å². The molecule has 1 aliphatic heterocycles. The van der Waals surface area contributed by atoms with Crippen LogP contribution in [0, 0.1) is 5.92 Å². The Balaban J connectivity index is 1.56. The topological polar surface area (TPSA) is 38.8 Å². The summed E-state index contributed by atoms with van der Waals surface area (Å²) in [4.78, 5) is 13.9. The summed E-state index contributed by atoms with van der Waals surface area (Å²) >= 11 is 3.42. The molecule has 0 N–H and O–H groups in total. The number of rotatable bonds is 6. The van der Waals surface area contributed by atoms with E-state index in [9.17, 15) is 4.79 Å². The van der Waals surface area contributed by atoms with Crippen molar-refractivity contribution in [2.75, 3.05) is 19.7 Å². The molecule has 1 aromatic carbocycles. The number of carbonyl (C=O) groups is 1. The molecule has 0 aromatic heterocycles. The number of ether oxygens (including phenoxy) is 2. The highest BCUT2D eigenvalue weighted by Gasteiger charge is 2.26. The largest absolute Gasteiger partial charge is 0.494 e. The third-order valence-corrected chi connectivity index (χ3v) is 4.88. The molecule has 0 saturated carbocycles. The van der Waals surface area contributed by atoms with Crippen molar-refractivity contribution < 1.29 is 14.3 Å². The molecule has 0 spiro atoms. The van der Waals surface area contributed by atoms with E-state index in [0.29, 0.717) is 5.92 Å². The zero-order valence-corrected chi connectivity index (χ0v) is 17.2. The normalized spacial score (nSPS) is 15.9. The van der Waals surface area contributed by atoms with E-state index in [1.165, 1.54) is 12.8 Å². The van der Waals surface area contributed by atoms with Gasteiger partial charge in [-0.2, -0.15) is 0 Å². The van der Waals surface area contributed by atoms with Gasteiger partial charge in [0.25, 0.3) is 0 Å². The lowest BCUT2D eigenvalue weighted by Crippen LogP contribution is -2.41. The molecule has 25 heavy (non-hydrogen) atoms. The summed E-state index contributed by atoms with van der Waals surface area (Å²) in [6.45, 7) is 8.12. The van der Waals surface area contributed by atoms with Gasteiger partial charge in [0.2, 0.25) is 0 Å². The van der Waals surface area contributed by atoms with E-state index < -0.39 is 5.60 Å². The number of halogens is 1. The van der Waals surface area contributed by atoms with Crippen LogP contribution >= 0.6 is 15.9 Å². The quantitative estimate of drug-likeness (QED) is 0.567. The number of hydrogen-bond acceptors (Lipinski definition) is 3. The third-order valence-electron chi connectivity index (χ3n) is 4.36. The van der Waals surface area contributed by atoms with Gasteiger partial charge in [-0.05, 0) is 76.6 Å². The Bertz CT molecular complexity index is 531. The van der Waals surface area contributed by atoms with Gasteiger partial charge in [0.15, 0.2) is 0 Å². The monoisotopic (exact) mass is 411 g/mol. The van der Waals surface area contributed by atoms with Gasteiger partial charge in [-0.3, -0.25) is 0 Å². The molecule has 0 atom stereocenters. The molecule has 0 bridgehead atoms. The zero-order chi connectivity index (χ0) is 18.3. The van der Waals surface area contributed by atoms with Crippen LogP contribution in [-0.4, -0.2) is 36.3 Å². The van der Waals surface area contributed by atoms with Crippen molar-refractivity contribution in [3.05, 3.63) is 28.7 Å². The van der Waals surface area contributed by atoms with Crippen LogP contribution in [0.25, 0.3) is 0 Å². The van der Waals surface area contributed by atoms with Crippen molar-refractivity contribution in [1.82, 2.24) is 4.90 Å². The lowest BCUT2D eigenvalue weighted by atomic mass is 9.92. The Labute approximate surface area is 160 Å². The second-order valence-electron chi connectivity index (χ2n) is 7.71.